The molecule has 208 valence electrons. The van der Waals surface area contributed by atoms with Crippen molar-refractivity contribution in [3.8, 4) is 12.3 Å². The first kappa shape index (κ1) is 27.5. The number of terminal acetylenes is 1. The molecule has 2 aromatic heterocycles. The van der Waals surface area contributed by atoms with Gasteiger partial charge < -0.3 is 25.7 Å². The molecule has 4 heterocycles. The number of anilines is 1. The number of thiazole rings is 1. The number of thioether (sulfide) groups is 1. The van der Waals surface area contributed by atoms with Crippen LogP contribution in [0.25, 0.3) is 0 Å². The molecule has 14 heteroatoms. The minimum absolute atomic E-state index is 0.0267. The van der Waals surface area contributed by atoms with Crippen molar-refractivity contribution in [3.63, 3.8) is 0 Å². The monoisotopic (exact) mass is 583 g/mol. The van der Waals surface area contributed by atoms with Crippen LogP contribution in [0.3, 0.4) is 0 Å². The third-order valence-electron chi connectivity index (χ3n) is 6.71. The highest BCUT2D eigenvalue weighted by atomic mass is 32.2. The molecule has 0 aromatic carbocycles. The maximum atomic E-state index is 13.2. The van der Waals surface area contributed by atoms with Crippen LogP contribution in [0, 0.1) is 12.3 Å². The number of carboxylic acid groups (broad SMARTS) is 1. The van der Waals surface area contributed by atoms with Crippen molar-refractivity contribution in [2.24, 2.45) is 5.16 Å². The lowest BCUT2D eigenvalue weighted by Gasteiger charge is -2.49. The first-order chi connectivity index (χ1) is 19.4. The normalized spacial score (nSPS) is 20.8. The van der Waals surface area contributed by atoms with Crippen molar-refractivity contribution in [1.82, 2.24) is 15.2 Å². The van der Waals surface area contributed by atoms with Crippen molar-refractivity contribution in [2.45, 2.75) is 55.3 Å². The SMILES string of the molecule is C#CC[n+]1ccc(SCC2=C(C(=O)O)N3C(=O)[C@@H](NC(=O)C(=NOC4CCCC4)c4cnc(N)s4)[C@H]3CO2)cc1. The topological polar surface area (TPSA) is 160 Å². The number of nitrogens with zero attached hydrogens (tertiary/aromatic N) is 4. The van der Waals surface area contributed by atoms with E-state index in [9.17, 15) is 19.5 Å². The number of rotatable bonds is 10. The van der Waals surface area contributed by atoms with Crippen LogP contribution in [0.1, 0.15) is 30.6 Å². The highest BCUT2D eigenvalue weighted by Gasteiger charge is 2.55. The highest BCUT2D eigenvalue weighted by molar-refractivity contribution is 7.99. The molecule has 0 spiro atoms. The molecule has 5 rings (SSSR count). The average molecular weight is 584 g/mol. The second-order valence-corrected chi connectivity index (χ2v) is 11.4. The van der Waals surface area contributed by atoms with E-state index < -0.39 is 29.9 Å². The minimum Gasteiger partial charge on any atom is -0.492 e. The summed E-state index contributed by atoms with van der Waals surface area (Å²) in [5, 5.41) is 17.0. The fourth-order valence-electron chi connectivity index (χ4n) is 4.70. The smallest absolute Gasteiger partial charge is 0.356 e. The molecule has 2 aliphatic heterocycles. The molecular weight excluding hydrogens is 556 g/mol. The number of carbonyl (C=O) groups excluding carboxylic acids is 2. The van der Waals surface area contributed by atoms with E-state index in [2.05, 4.69) is 21.4 Å². The second kappa shape index (κ2) is 12.0. The average Bonchev–Trinajstić information content (AvgIpc) is 3.63. The summed E-state index contributed by atoms with van der Waals surface area (Å²) in [6.07, 6.45) is 14.1. The number of nitrogens with two attached hydrogens (primary N) is 1. The van der Waals surface area contributed by atoms with Crippen molar-refractivity contribution in [2.75, 3.05) is 18.1 Å². The van der Waals surface area contributed by atoms with Gasteiger partial charge in [0.15, 0.2) is 28.9 Å². The minimum atomic E-state index is -1.29. The quantitative estimate of drug-likeness (QED) is 0.0930. The summed E-state index contributed by atoms with van der Waals surface area (Å²) in [5.41, 5.74) is 5.48. The Morgan fingerprint density at radius 3 is 2.77 bits per heavy atom. The maximum absolute atomic E-state index is 13.2. The number of carboxylic acids is 1. The predicted molar refractivity (Wildman–Crippen MR) is 146 cm³/mol. The number of β-lactam (4-membered cyclic amide) rings is 1. The molecule has 2 aromatic rings. The number of pyridine rings is 1. The molecule has 0 bridgehead atoms. The maximum Gasteiger partial charge on any atom is 0.356 e. The Balaban J connectivity index is 1.28. The molecule has 1 aliphatic carbocycles. The number of ether oxygens (including phenoxy) is 1. The third-order valence-corrected chi connectivity index (χ3v) is 8.56. The number of hydrogen-bond acceptors (Lipinski definition) is 10. The lowest BCUT2D eigenvalue weighted by atomic mass is 9.92. The van der Waals surface area contributed by atoms with Crippen molar-refractivity contribution >= 4 is 51.7 Å². The van der Waals surface area contributed by atoms with Gasteiger partial charge in [-0.3, -0.25) is 14.5 Å². The number of nitrogens with one attached hydrogen (secondary N) is 1. The molecule has 40 heavy (non-hydrogen) atoms. The number of oxime groups is 1. The first-order valence-electron chi connectivity index (χ1n) is 12.6. The molecule has 2 atom stereocenters. The molecule has 2 amide bonds. The lowest BCUT2D eigenvalue weighted by molar-refractivity contribution is -0.685. The zero-order chi connectivity index (χ0) is 28.2. The van der Waals surface area contributed by atoms with E-state index in [1.54, 1.807) is 0 Å². The Labute approximate surface area is 238 Å². The van der Waals surface area contributed by atoms with Crippen LogP contribution in [0.5, 0.6) is 0 Å². The summed E-state index contributed by atoms with van der Waals surface area (Å²) in [7, 11) is 0. The molecule has 4 N–H and O–H groups in total. The van der Waals surface area contributed by atoms with E-state index in [1.165, 1.54) is 22.9 Å². The van der Waals surface area contributed by atoms with E-state index >= 15 is 0 Å². The standard InChI is InChI=1S/C26H26N6O6S2/c1-2-9-31-10-7-16(8-11-31)39-14-18-22(25(35)36)32-17(13-37-18)20(24(32)34)29-23(33)21(19-12-28-26(27)40-19)30-38-15-5-3-4-6-15/h1,7-8,10-12,15,17,20H,3-6,9,13-14H2,(H3-,27,28,29,30,33,35,36)/p+1/t17-,20+/m1/s1. The van der Waals surface area contributed by atoms with Gasteiger partial charge in [-0.25, -0.2) is 9.78 Å². The Hall–Kier alpha value is -4.09. The number of nitrogen functional groups attached to an aromatic ring is 1. The van der Waals surface area contributed by atoms with Crippen LogP contribution in [0.2, 0.25) is 0 Å². The van der Waals surface area contributed by atoms with Crippen LogP contribution in [0.15, 0.2) is 52.2 Å². The summed E-state index contributed by atoms with van der Waals surface area (Å²) < 4.78 is 7.65. The van der Waals surface area contributed by atoms with E-state index in [4.69, 9.17) is 21.7 Å². The number of aromatic nitrogens is 2. The van der Waals surface area contributed by atoms with E-state index in [1.807, 2.05) is 29.1 Å². The van der Waals surface area contributed by atoms with Crippen LogP contribution in [-0.4, -0.2) is 69.0 Å². The van der Waals surface area contributed by atoms with Gasteiger partial charge in [0.2, 0.25) is 6.54 Å². The van der Waals surface area contributed by atoms with Crippen LogP contribution < -0.4 is 15.6 Å². The zero-order valence-electron chi connectivity index (χ0n) is 21.3. The number of amides is 2. The van der Waals surface area contributed by atoms with Crippen LogP contribution in [0.4, 0.5) is 5.13 Å². The predicted octanol–water partition coefficient (Wildman–Crippen LogP) is 1.12. The number of fused-ring (bicyclic) bond motifs is 1. The Morgan fingerprint density at radius 2 is 2.12 bits per heavy atom. The van der Waals surface area contributed by atoms with Gasteiger partial charge in [0.05, 0.1) is 10.6 Å². The summed E-state index contributed by atoms with van der Waals surface area (Å²) in [4.78, 5) is 50.6. The highest BCUT2D eigenvalue weighted by Crippen LogP contribution is 2.35. The van der Waals surface area contributed by atoms with E-state index in [0.29, 0.717) is 11.4 Å². The number of aliphatic carboxylic acids is 1. The van der Waals surface area contributed by atoms with Gasteiger partial charge in [0.1, 0.15) is 30.6 Å². The van der Waals surface area contributed by atoms with Gasteiger partial charge in [-0.1, -0.05) is 16.5 Å². The van der Waals surface area contributed by atoms with Crippen molar-refractivity contribution in [3.05, 3.63) is 47.1 Å². The molecular formula is C26H27N6O6S2+. The van der Waals surface area contributed by atoms with Gasteiger partial charge in [0, 0.05) is 23.2 Å². The molecule has 1 saturated carbocycles. The molecule has 0 radical (unpaired) electrons. The lowest BCUT2D eigenvalue weighted by Crippen LogP contribution is -2.73. The fraction of sp³-hybridized carbons (Fsp3) is 0.385. The molecule has 2 fully saturated rings. The van der Waals surface area contributed by atoms with Crippen LogP contribution in [-0.2, 0) is 30.5 Å². The second-order valence-electron chi connectivity index (χ2n) is 9.33. The summed E-state index contributed by atoms with van der Waals surface area (Å²) >= 11 is 2.44. The van der Waals surface area contributed by atoms with E-state index in [0.717, 1.165) is 41.9 Å². The van der Waals surface area contributed by atoms with Gasteiger partial charge in [-0.05, 0) is 31.6 Å². The van der Waals surface area contributed by atoms with Gasteiger partial charge in [-0.2, -0.15) is 4.57 Å². The van der Waals surface area contributed by atoms with Gasteiger partial charge in [-0.15, -0.1) is 18.2 Å². The Morgan fingerprint density at radius 1 is 1.38 bits per heavy atom. The Bertz CT molecular complexity index is 1410. The number of hydrogen-bond donors (Lipinski definition) is 3. The van der Waals surface area contributed by atoms with Crippen LogP contribution >= 0.6 is 23.1 Å². The van der Waals surface area contributed by atoms with Gasteiger partial charge >= 0.3 is 5.97 Å². The summed E-state index contributed by atoms with van der Waals surface area (Å²) in [6.45, 7) is 0.469. The van der Waals surface area contributed by atoms with Gasteiger partial charge in [0.25, 0.3) is 11.8 Å². The zero-order valence-corrected chi connectivity index (χ0v) is 23.0. The number of carbonyl (C=O) groups is 3. The van der Waals surface area contributed by atoms with Crippen molar-refractivity contribution < 1.29 is 33.6 Å². The molecule has 1 saturated heterocycles. The Kier molecular flexibility index (Phi) is 8.22. The third kappa shape index (κ3) is 5.75. The summed E-state index contributed by atoms with van der Waals surface area (Å²) in [5.74, 6) is 0.461. The van der Waals surface area contributed by atoms with E-state index in [-0.39, 0.29) is 40.8 Å². The van der Waals surface area contributed by atoms with Crippen molar-refractivity contribution in [1.29, 1.82) is 0 Å². The fourth-order valence-corrected chi connectivity index (χ4v) is 6.19. The summed E-state index contributed by atoms with van der Waals surface area (Å²) in [6, 6.07) is 2.06. The largest absolute Gasteiger partial charge is 0.492 e. The molecule has 12 nitrogen and oxygen atoms in total. The first-order valence-corrected chi connectivity index (χ1v) is 14.4. The molecule has 3 aliphatic rings. The molecule has 0 unspecified atom stereocenters.